The highest BCUT2D eigenvalue weighted by molar-refractivity contribution is 4.72. The Bertz CT molecular complexity index is 108. The summed E-state index contributed by atoms with van der Waals surface area (Å²) in [5.74, 6) is 0.896. The van der Waals surface area contributed by atoms with Crippen LogP contribution < -0.4 is 0 Å². The predicted octanol–water partition coefficient (Wildman–Crippen LogP) is 1.57. The lowest BCUT2D eigenvalue weighted by Crippen LogP contribution is -2.33. The summed E-state index contributed by atoms with van der Waals surface area (Å²) in [5.41, 5.74) is 0. The van der Waals surface area contributed by atoms with Gasteiger partial charge in [-0.1, -0.05) is 0 Å². The van der Waals surface area contributed by atoms with Crippen LogP contribution in [0.2, 0.25) is 0 Å². The van der Waals surface area contributed by atoms with Gasteiger partial charge in [-0.2, -0.15) is 0 Å². The van der Waals surface area contributed by atoms with E-state index in [9.17, 15) is 0 Å². The number of piperidine rings is 1. The summed E-state index contributed by atoms with van der Waals surface area (Å²) in [6.45, 7) is 8.26. The summed E-state index contributed by atoms with van der Waals surface area (Å²) in [5, 5.41) is 0. The van der Waals surface area contributed by atoms with Gasteiger partial charge in [0.2, 0.25) is 0 Å². The van der Waals surface area contributed by atoms with Crippen LogP contribution in [0.4, 0.5) is 0 Å². The van der Waals surface area contributed by atoms with Crippen LogP contribution in [-0.4, -0.2) is 38.3 Å². The molecule has 1 saturated heterocycles. The lowest BCUT2D eigenvalue weighted by Gasteiger charge is -2.30. The Morgan fingerprint density at radius 1 is 1.42 bits per heavy atom. The minimum absolute atomic E-state index is 0.896. The van der Waals surface area contributed by atoms with Gasteiger partial charge in [-0.3, -0.25) is 0 Å². The second kappa shape index (κ2) is 5.55. The zero-order valence-corrected chi connectivity index (χ0v) is 8.09. The van der Waals surface area contributed by atoms with Crippen molar-refractivity contribution in [3.63, 3.8) is 0 Å². The molecule has 0 saturated carbocycles. The van der Waals surface area contributed by atoms with Crippen molar-refractivity contribution in [1.29, 1.82) is 0 Å². The van der Waals surface area contributed by atoms with Crippen molar-refractivity contribution in [2.24, 2.45) is 5.92 Å². The molecule has 0 bridgehead atoms. The number of ether oxygens (including phenoxy) is 1. The molecule has 1 radical (unpaired) electrons. The number of likely N-dealkylation sites (tertiary alicyclic amines) is 1. The summed E-state index contributed by atoms with van der Waals surface area (Å²) < 4.78 is 5.07. The van der Waals surface area contributed by atoms with Gasteiger partial charge in [-0.15, -0.1) is 0 Å². The van der Waals surface area contributed by atoms with Crippen LogP contribution in [0.3, 0.4) is 0 Å². The van der Waals surface area contributed by atoms with Gasteiger partial charge in [0, 0.05) is 13.7 Å². The quantitative estimate of drug-likeness (QED) is 0.635. The first kappa shape index (κ1) is 10.0. The molecule has 2 heteroatoms. The van der Waals surface area contributed by atoms with Gasteiger partial charge in [0.15, 0.2) is 0 Å². The van der Waals surface area contributed by atoms with Crippen molar-refractivity contribution in [3.8, 4) is 0 Å². The Morgan fingerprint density at radius 3 is 2.58 bits per heavy atom. The fourth-order valence-corrected chi connectivity index (χ4v) is 1.78. The van der Waals surface area contributed by atoms with Crippen molar-refractivity contribution < 1.29 is 4.74 Å². The number of nitrogens with zero attached hydrogens (tertiary/aromatic N) is 1. The van der Waals surface area contributed by atoms with Gasteiger partial charge < -0.3 is 9.64 Å². The molecule has 0 amide bonds. The molecule has 2 nitrogen and oxygen atoms in total. The molecule has 1 fully saturated rings. The van der Waals surface area contributed by atoms with Crippen LogP contribution in [0, 0.1) is 12.8 Å². The van der Waals surface area contributed by atoms with E-state index in [1.54, 1.807) is 7.11 Å². The van der Waals surface area contributed by atoms with Crippen molar-refractivity contribution in [1.82, 2.24) is 4.90 Å². The lowest BCUT2D eigenvalue weighted by atomic mass is 9.94. The van der Waals surface area contributed by atoms with Crippen LogP contribution in [0.5, 0.6) is 0 Å². The summed E-state index contributed by atoms with van der Waals surface area (Å²) in [4.78, 5) is 2.42. The van der Waals surface area contributed by atoms with E-state index >= 15 is 0 Å². The molecule has 0 aromatic carbocycles. The molecule has 1 aliphatic heterocycles. The van der Waals surface area contributed by atoms with Gasteiger partial charge >= 0.3 is 0 Å². The third-order valence-electron chi connectivity index (χ3n) is 2.75. The summed E-state index contributed by atoms with van der Waals surface area (Å²) in [6, 6.07) is 0. The van der Waals surface area contributed by atoms with Gasteiger partial charge in [0.25, 0.3) is 0 Å². The maximum absolute atomic E-state index is 5.07. The first-order valence-electron chi connectivity index (χ1n) is 4.87. The summed E-state index contributed by atoms with van der Waals surface area (Å²) >= 11 is 0. The molecule has 0 spiro atoms. The second-order valence-electron chi connectivity index (χ2n) is 3.57. The molecular formula is C10H20NO. The third-order valence-corrected chi connectivity index (χ3v) is 2.75. The minimum atomic E-state index is 0.896. The maximum atomic E-state index is 5.07. The highest BCUT2D eigenvalue weighted by Crippen LogP contribution is 2.19. The molecule has 0 unspecified atom stereocenters. The van der Waals surface area contributed by atoms with Gasteiger partial charge in [-0.05, 0) is 51.7 Å². The molecule has 12 heavy (non-hydrogen) atoms. The molecule has 1 heterocycles. The normalized spacial score (nSPS) is 21.5. The molecule has 1 aliphatic rings. The first-order valence-corrected chi connectivity index (χ1v) is 4.87. The smallest absolute Gasteiger partial charge is 0.0464 e. The molecule has 0 aromatic rings. The van der Waals surface area contributed by atoms with Crippen LogP contribution >= 0.6 is 0 Å². The van der Waals surface area contributed by atoms with Crippen LogP contribution in [0.25, 0.3) is 0 Å². The molecular weight excluding hydrogens is 150 g/mol. The monoisotopic (exact) mass is 170 g/mol. The van der Waals surface area contributed by atoms with E-state index in [1.165, 1.54) is 32.4 Å². The van der Waals surface area contributed by atoms with E-state index in [2.05, 4.69) is 11.8 Å². The number of hydrogen-bond donors (Lipinski definition) is 0. The number of hydrogen-bond acceptors (Lipinski definition) is 2. The highest BCUT2D eigenvalue weighted by atomic mass is 16.5. The fraction of sp³-hybridized carbons (Fsp3) is 0.900. The van der Waals surface area contributed by atoms with Crippen LogP contribution in [0.15, 0.2) is 0 Å². The lowest BCUT2D eigenvalue weighted by molar-refractivity contribution is 0.141. The molecule has 0 aromatic heterocycles. The Morgan fingerprint density at radius 2 is 2.08 bits per heavy atom. The second-order valence-corrected chi connectivity index (χ2v) is 3.57. The molecule has 0 N–H and O–H groups in total. The van der Waals surface area contributed by atoms with Crippen molar-refractivity contribution in [2.75, 3.05) is 33.4 Å². The van der Waals surface area contributed by atoms with E-state index in [1.807, 2.05) is 0 Å². The van der Waals surface area contributed by atoms with E-state index in [4.69, 9.17) is 4.74 Å². The zero-order valence-electron chi connectivity index (χ0n) is 8.09. The fourth-order valence-electron chi connectivity index (χ4n) is 1.78. The first-order chi connectivity index (χ1) is 5.86. The number of rotatable bonds is 4. The largest absolute Gasteiger partial charge is 0.385 e. The SMILES string of the molecule is [CH2]CN1CCC(CCOC)CC1. The van der Waals surface area contributed by atoms with Gasteiger partial charge in [0.1, 0.15) is 0 Å². The molecule has 0 atom stereocenters. The van der Waals surface area contributed by atoms with Crippen LogP contribution in [0.1, 0.15) is 19.3 Å². The van der Waals surface area contributed by atoms with E-state index in [0.29, 0.717) is 0 Å². The molecule has 1 rings (SSSR count). The third kappa shape index (κ3) is 3.11. The van der Waals surface area contributed by atoms with Crippen LogP contribution in [-0.2, 0) is 4.74 Å². The molecule has 0 aliphatic carbocycles. The van der Waals surface area contributed by atoms with Crippen molar-refractivity contribution in [3.05, 3.63) is 6.92 Å². The molecule has 71 valence electrons. The van der Waals surface area contributed by atoms with Crippen molar-refractivity contribution >= 4 is 0 Å². The van der Waals surface area contributed by atoms with E-state index in [0.717, 1.165) is 19.1 Å². The van der Waals surface area contributed by atoms with Gasteiger partial charge in [0.05, 0.1) is 0 Å². The Balaban J connectivity index is 2.09. The van der Waals surface area contributed by atoms with Crippen molar-refractivity contribution in [2.45, 2.75) is 19.3 Å². The minimum Gasteiger partial charge on any atom is -0.385 e. The van der Waals surface area contributed by atoms with E-state index < -0.39 is 0 Å². The average molecular weight is 170 g/mol. The van der Waals surface area contributed by atoms with E-state index in [-0.39, 0.29) is 0 Å². The predicted molar refractivity (Wildman–Crippen MR) is 51.0 cm³/mol. The summed E-state index contributed by atoms with van der Waals surface area (Å²) in [7, 11) is 1.78. The Hall–Kier alpha value is -0.0800. The maximum Gasteiger partial charge on any atom is 0.0464 e. The summed E-state index contributed by atoms with van der Waals surface area (Å²) in [6.07, 6.45) is 3.90. The zero-order chi connectivity index (χ0) is 8.81. The number of methoxy groups -OCH3 is 1. The topological polar surface area (TPSA) is 12.5 Å². The standard InChI is InChI=1S/C10H20NO/c1-3-11-7-4-10(5-8-11)6-9-12-2/h10H,1,3-9H2,2H3. The average Bonchev–Trinajstić information content (AvgIpc) is 2.15. The Labute approximate surface area is 75.9 Å². The highest BCUT2D eigenvalue weighted by Gasteiger charge is 2.17. The Kier molecular flexibility index (Phi) is 4.62. The van der Waals surface area contributed by atoms with Gasteiger partial charge in [-0.25, -0.2) is 0 Å².